The van der Waals surface area contributed by atoms with Crippen molar-refractivity contribution >= 4 is 0 Å². The molecule has 0 aliphatic rings. The average Bonchev–Trinajstić information content (AvgIpc) is 2.46. The van der Waals surface area contributed by atoms with Gasteiger partial charge in [0.1, 0.15) is 0 Å². The van der Waals surface area contributed by atoms with Crippen molar-refractivity contribution in [1.82, 2.24) is 4.98 Å². The molecule has 0 aliphatic carbocycles. The Kier molecular flexibility index (Phi) is 4.75. The Balaban J connectivity index is 2.14. The van der Waals surface area contributed by atoms with Crippen molar-refractivity contribution in [3.05, 3.63) is 65.0 Å². The van der Waals surface area contributed by atoms with E-state index in [-0.39, 0.29) is 10.8 Å². The summed E-state index contributed by atoms with van der Waals surface area (Å²) in [6.07, 6.45) is 6.22. The molecule has 0 amide bonds. The van der Waals surface area contributed by atoms with Crippen LogP contribution in [0.5, 0.6) is 0 Å². The molecule has 1 heteroatoms. The minimum Gasteiger partial charge on any atom is -0.264 e. The molecule has 1 aromatic carbocycles. The molecular weight excluding hydrogens is 266 g/mol. The van der Waals surface area contributed by atoms with E-state index in [9.17, 15) is 0 Å². The van der Waals surface area contributed by atoms with E-state index in [0.717, 1.165) is 0 Å². The second-order valence-corrected chi connectivity index (χ2v) is 7.82. The Bertz CT molecular complexity index is 621. The van der Waals surface area contributed by atoms with E-state index in [2.05, 4.69) is 76.9 Å². The van der Waals surface area contributed by atoms with Gasteiger partial charge in [-0.25, -0.2) is 0 Å². The summed E-state index contributed by atoms with van der Waals surface area (Å²) in [5, 5.41) is 0. The molecule has 0 N–H and O–H groups in total. The quantitative estimate of drug-likeness (QED) is 0.686. The van der Waals surface area contributed by atoms with Crippen LogP contribution in [0.15, 0.2) is 42.7 Å². The Hall–Kier alpha value is -1.63. The van der Waals surface area contributed by atoms with E-state index in [1.807, 2.05) is 12.4 Å². The molecular formula is C21H29N. The summed E-state index contributed by atoms with van der Waals surface area (Å²) in [6.45, 7) is 13.7. The SMILES string of the molecule is Cc1ccc(C(C)(C)CCC(C)(C)c2ccncc2C)cc1. The highest BCUT2D eigenvalue weighted by atomic mass is 14.6. The van der Waals surface area contributed by atoms with Gasteiger partial charge < -0.3 is 0 Å². The van der Waals surface area contributed by atoms with Crippen molar-refractivity contribution < 1.29 is 0 Å². The average molecular weight is 295 g/mol. The molecule has 2 rings (SSSR count). The molecule has 2 aromatic rings. The van der Waals surface area contributed by atoms with Gasteiger partial charge in [0.05, 0.1) is 0 Å². The predicted molar refractivity (Wildman–Crippen MR) is 95.4 cm³/mol. The molecule has 0 atom stereocenters. The number of rotatable bonds is 5. The van der Waals surface area contributed by atoms with E-state index < -0.39 is 0 Å². The van der Waals surface area contributed by atoms with Gasteiger partial charge in [-0.1, -0.05) is 57.5 Å². The van der Waals surface area contributed by atoms with Crippen LogP contribution in [0.25, 0.3) is 0 Å². The Morgan fingerprint density at radius 2 is 1.41 bits per heavy atom. The van der Waals surface area contributed by atoms with Crippen LogP contribution < -0.4 is 0 Å². The fourth-order valence-electron chi connectivity index (χ4n) is 3.14. The van der Waals surface area contributed by atoms with Crippen LogP contribution in [0.4, 0.5) is 0 Å². The second-order valence-electron chi connectivity index (χ2n) is 7.82. The Labute approximate surface area is 135 Å². The van der Waals surface area contributed by atoms with Crippen LogP contribution >= 0.6 is 0 Å². The number of hydrogen-bond acceptors (Lipinski definition) is 1. The third kappa shape index (κ3) is 3.76. The summed E-state index contributed by atoms with van der Waals surface area (Å²) in [4.78, 5) is 4.22. The summed E-state index contributed by atoms with van der Waals surface area (Å²) < 4.78 is 0. The molecule has 0 unspecified atom stereocenters. The lowest BCUT2D eigenvalue weighted by Crippen LogP contribution is -2.25. The van der Waals surface area contributed by atoms with Gasteiger partial charge in [0.15, 0.2) is 0 Å². The highest BCUT2D eigenvalue weighted by molar-refractivity contribution is 5.31. The van der Waals surface area contributed by atoms with Gasteiger partial charge in [0, 0.05) is 12.4 Å². The molecule has 1 aromatic heterocycles. The summed E-state index contributed by atoms with van der Waals surface area (Å²) in [5.74, 6) is 0. The summed E-state index contributed by atoms with van der Waals surface area (Å²) in [5.41, 5.74) is 5.84. The minimum absolute atomic E-state index is 0.176. The Morgan fingerprint density at radius 3 is 2.00 bits per heavy atom. The monoisotopic (exact) mass is 295 g/mol. The fraction of sp³-hybridized carbons (Fsp3) is 0.476. The molecule has 0 saturated carbocycles. The molecule has 1 heterocycles. The molecule has 118 valence electrons. The van der Waals surface area contributed by atoms with Gasteiger partial charge in [0.2, 0.25) is 0 Å². The second kappa shape index (κ2) is 6.24. The van der Waals surface area contributed by atoms with E-state index in [4.69, 9.17) is 0 Å². The number of benzene rings is 1. The van der Waals surface area contributed by atoms with E-state index in [0.29, 0.717) is 0 Å². The van der Waals surface area contributed by atoms with Crippen molar-refractivity contribution in [3.8, 4) is 0 Å². The molecule has 0 saturated heterocycles. The zero-order valence-corrected chi connectivity index (χ0v) is 14.9. The summed E-state index contributed by atoms with van der Waals surface area (Å²) in [6, 6.07) is 11.2. The van der Waals surface area contributed by atoms with Gasteiger partial charge in [0.25, 0.3) is 0 Å². The largest absolute Gasteiger partial charge is 0.264 e. The van der Waals surface area contributed by atoms with Crippen LogP contribution in [0.1, 0.15) is 62.8 Å². The summed E-state index contributed by atoms with van der Waals surface area (Å²) >= 11 is 0. The number of hydrogen-bond donors (Lipinski definition) is 0. The molecule has 0 radical (unpaired) electrons. The van der Waals surface area contributed by atoms with Crippen molar-refractivity contribution in [1.29, 1.82) is 0 Å². The zero-order valence-electron chi connectivity index (χ0n) is 14.9. The maximum atomic E-state index is 4.22. The van der Waals surface area contributed by atoms with Crippen molar-refractivity contribution in [3.63, 3.8) is 0 Å². The molecule has 0 bridgehead atoms. The van der Waals surface area contributed by atoms with E-state index >= 15 is 0 Å². The van der Waals surface area contributed by atoms with Crippen molar-refractivity contribution in [2.45, 2.75) is 65.2 Å². The first-order valence-corrected chi connectivity index (χ1v) is 8.21. The predicted octanol–water partition coefficient (Wildman–Crippen LogP) is 5.73. The normalized spacial score (nSPS) is 12.5. The van der Waals surface area contributed by atoms with Gasteiger partial charge in [-0.15, -0.1) is 0 Å². The van der Waals surface area contributed by atoms with E-state index in [1.54, 1.807) is 0 Å². The van der Waals surface area contributed by atoms with Crippen LogP contribution in [-0.4, -0.2) is 4.98 Å². The minimum atomic E-state index is 0.176. The topological polar surface area (TPSA) is 12.9 Å². The fourth-order valence-corrected chi connectivity index (χ4v) is 3.14. The first kappa shape index (κ1) is 16.7. The maximum absolute atomic E-state index is 4.22. The van der Waals surface area contributed by atoms with Crippen molar-refractivity contribution in [2.75, 3.05) is 0 Å². The molecule has 0 aliphatic heterocycles. The molecule has 1 nitrogen and oxygen atoms in total. The van der Waals surface area contributed by atoms with Crippen molar-refractivity contribution in [2.24, 2.45) is 0 Å². The number of pyridine rings is 1. The number of aryl methyl sites for hydroxylation is 2. The Morgan fingerprint density at radius 1 is 0.818 bits per heavy atom. The molecule has 0 spiro atoms. The lowest BCUT2D eigenvalue weighted by molar-refractivity contribution is 0.373. The highest BCUT2D eigenvalue weighted by Gasteiger charge is 2.27. The van der Waals surface area contributed by atoms with Crippen LogP contribution in [0.3, 0.4) is 0 Å². The lowest BCUT2D eigenvalue weighted by Gasteiger charge is -2.33. The van der Waals surface area contributed by atoms with Gasteiger partial charge in [-0.3, -0.25) is 4.98 Å². The lowest BCUT2D eigenvalue weighted by atomic mass is 9.72. The first-order chi connectivity index (χ1) is 10.2. The van der Waals surface area contributed by atoms with E-state index in [1.165, 1.54) is 35.1 Å². The highest BCUT2D eigenvalue weighted by Crippen LogP contribution is 2.36. The molecule has 22 heavy (non-hydrogen) atoms. The summed E-state index contributed by atoms with van der Waals surface area (Å²) in [7, 11) is 0. The van der Waals surface area contributed by atoms with Crippen LogP contribution in [0.2, 0.25) is 0 Å². The van der Waals surface area contributed by atoms with Gasteiger partial charge in [-0.2, -0.15) is 0 Å². The smallest absolute Gasteiger partial charge is 0.0299 e. The number of nitrogens with zero attached hydrogens (tertiary/aromatic N) is 1. The molecule has 0 fully saturated rings. The zero-order chi connectivity index (χ0) is 16.4. The number of aromatic nitrogens is 1. The van der Waals surface area contributed by atoms with Crippen LogP contribution in [-0.2, 0) is 10.8 Å². The van der Waals surface area contributed by atoms with Crippen LogP contribution in [0, 0.1) is 13.8 Å². The van der Waals surface area contributed by atoms with Gasteiger partial charge in [-0.05, 0) is 60.3 Å². The maximum Gasteiger partial charge on any atom is 0.0299 e. The third-order valence-corrected chi connectivity index (χ3v) is 4.96. The van der Waals surface area contributed by atoms with Gasteiger partial charge >= 0.3 is 0 Å². The third-order valence-electron chi connectivity index (χ3n) is 4.96. The standard InChI is InChI=1S/C21H29N/c1-16-7-9-18(10-8-16)20(3,4)12-13-21(5,6)19-11-14-22-15-17(19)2/h7-11,14-15H,12-13H2,1-6H3. The first-order valence-electron chi connectivity index (χ1n) is 8.21.